The van der Waals surface area contributed by atoms with Crippen LogP contribution in [0.15, 0.2) is 0 Å². The lowest BCUT2D eigenvalue weighted by Gasteiger charge is -2.48. The number of rotatable bonds is 13. The summed E-state index contributed by atoms with van der Waals surface area (Å²) in [5, 5.41) is 64.8. The first-order valence-corrected chi connectivity index (χ1v) is 14.8. The number of ether oxygens (including phenoxy) is 4. The van der Waals surface area contributed by atoms with Crippen LogP contribution in [0.25, 0.3) is 0 Å². The largest absolute Gasteiger partial charge is 0.396 e. The van der Waals surface area contributed by atoms with E-state index in [0.717, 1.165) is 0 Å². The molecule has 3 unspecified atom stereocenters. The van der Waals surface area contributed by atoms with Crippen molar-refractivity contribution >= 4 is 5.78 Å². The van der Waals surface area contributed by atoms with Crippen LogP contribution in [0, 0.1) is 5.92 Å². The molecule has 0 aromatic rings. The zero-order valence-electron chi connectivity index (χ0n) is 23.7. The van der Waals surface area contributed by atoms with Crippen molar-refractivity contribution in [2.45, 2.75) is 124 Å². The number of ketones is 1. The molecule has 4 aliphatic rings. The normalized spacial score (nSPS) is 47.8. The molecule has 16 nitrogen and oxygen atoms in total. The molecule has 0 amide bonds. The van der Waals surface area contributed by atoms with Crippen LogP contribution < -0.4 is 28.3 Å². The number of aliphatic hydroxyl groups is 6. The van der Waals surface area contributed by atoms with Crippen molar-refractivity contribution in [2.75, 3.05) is 26.3 Å². The van der Waals surface area contributed by atoms with Crippen LogP contribution in [-0.2, 0) is 23.7 Å². The third-order valence-corrected chi connectivity index (χ3v) is 8.95. The highest BCUT2D eigenvalue weighted by Crippen LogP contribution is 2.41. The molecule has 0 bridgehead atoms. The van der Waals surface area contributed by atoms with Crippen molar-refractivity contribution < 1.29 is 54.4 Å². The quantitative estimate of drug-likeness (QED) is 0.0870. The summed E-state index contributed by atoms with van der Waals surface area (Å²) in [7, 11) is 0. The summed E-state index contributed by atoms with van der Waals surface area (Å²) in [5.74, 6) is -1.26. The average Bonchev–Trinajstić information content (AvgIpc) is 3.59. The maximum atomic E-state index is 13.0. The molecule has 4 fully saturated rings. The van der Waals surface area contributed by atoms with E-state index in [2.05, 4.69) is 5.32 Å². The topological polar surface area (TPSA) is 291 Å². The number of aliphatic hydroxyl groups excluding tert-OH is 5. The first-order valence-electron chi connectivity index (χ1n) is 14.8. The van der Waals surface area contributed by atoms with E-state index in [1.54, 1.807) is 0 Å². The molecule has 244 valence electrons. The van der Waals surface area contributed by atoms with Gasteiger partial charge >= 0.3 is 0 Å². The van der Waals surface area contributed by atoms with Crippen molar-refractivity contribution in [1.29, 1.82) is 0 Å². The van der Waals surface area contributed by atoms with E-state index in [-0.39, 0.29) is 32.0 Å². The highest BCUT2D eigenvalue weighted by atomic mass is 16.7. The fourth-order valence-corrected chi connectivity index (χ4v) is 6.08. The van der Waals surface area contributed by atoms with Crippen LogP contribution in [0.5, 0.6) is 0 Å². The maximum Gasteiger partial charge on any atom is 0.186 e. The van der Waals surface area contributed by atoms with E-state index in [4.69, 9.17) is 47.0 Å². The van der Waals surface area contributed by atoms with Crippen molar-refractivity contribution in [2.24, 2.45) is 28.9 Å². The number of nitrogens with two attached hydrogens (primary N) is 4. The van der Waals surface area contributed by atoms with Gasteiger partial charge in [-0.25, -0.2) is 0 Å². The lowest BCUT2D eigenvalue weighted by molar-refractivity contribution is -0.318. The van der Waals surface area contributed by atoms with E-state index in [1.807, 2.05) is 0 Å². The van der Waals surface area contributed by atoms with Crippen molar-refractivity contribution in [3.8, 4) is 0 Å². The summed E-state index contributed by atoms with van der Waals surface area (Å²) < 4.78 is 23.9. The second kappa shape index (κ2) is 14.4. The number of nitrogens with one attached hydrogen (secondary N) is 1. The van der Waals surface area contributed by atoms with E-state index >= 15 is 0 Å². The summed E-state index contributed by atoms with van der Waals surface area (Å²) in [6, 6.07) is -3.20. The summed E-state index contributed by atoms with van der Waals surface area (Å²) in [4.78, 5) is 13.0. The minimum Gasteiger partial charge on any atom is -0.396 e. The molecule has 0 aromatic carbocycles. The van der Waals surface area contributed by atoms with E-state index in [1.165, 1.54) is 0 Å². The minimum atomic E-state index is -1.66. The summed E-state index contributed by atoms with van der Waals surface area (Å²) >= 11 is 0. The van der Waals surface area contributed by atoms with E-state index < -0.39 is 97.3 Å². The first-order chi connectivity index (χ1) is 19.9. The zero-order valence-corrected chi connectivity index (χ0v) is 23.7. The van der Waals surface area contributed by atoms with Crippen molar-refractivity contribution in [1.82, 2.24) is 5.32 Å². The smallest absolute Gasteiger partial charge is 0.186 e. The van der Waals surface area contributed by atoms with Crippen LogP contribution in [0.1, 0.15) is 38.5 Å². The van der Waals surface area contributed by atoms with Gasteiger partial charge in [0.1, 0.15) is 36.1 Å². The number of hydrogen-bond donors (Lipinski definition) is 11. The Hall–Kier alpha value is -0.930. The predicted molar refractivity (Wildman–Crippen MR) is 145 cm³/mol. The molecule has 0 aromatic heterocycles. The summed E-state index contributed by atoms with van der Waals surface area (Å²) in [5.41, 5.74) is 22.8. The van der Waals surface area contributed by atoms with Crippen molar-refractivity contribution in [3.63, 3.8) is 0 Å². The third kappa shape index (κ3) is 7.47. The molecule has 2 saturated carbocycles. The molecule has 0 radical (unpaired) electrons. The Labute approximate surface area is 244 Å². The number of carbonyl (C=O) groups excluding carboxylic acids is 1. The Balaban J connectivity index is 1.49. The van der Waals surface area contributed by atoms with Gasteiger partial charge in [-0.3, -0.25) is 4.79 Å². The molecule has 15 atom stereocenters. The Morgan fingerprint density at radius 1 is 0.929 bits per heavy atom. The second-order valence-corrected chi connectivity index (χ2v) is 12.1. The molecule has 2 aliphatic carbocycles. The highest BCUT2D eigenvalue weighted by molar-refractivity contribution is 5.91. The minimum absolute atomic E-state index is 0.0740. The monoisotopic (exact) mass is 607 g/mol. The van der Waals surface area contributed by atoms with Gasteiger partial charge in [-0.15, -0.1) is 0 Å². The van der Waals surface area contributed by atoms with Gasteiger partial charge < -0.3 is 77.8 Å². The standard InChI is InChI=1S/C26H49N5O11/c27-13-3-2-12(9-31-4-1-5-32)39-24(13)42-23-14(28)6-11(7-17(34)26(38)8-16(26)29)22(21(23)37)41-25-20(36)18(30)19(35)15(10-33)40-25/h11-16,18-25,31-33,35-38H,1-10,27-30H2/t11-,12-,13+,14-,15+,16?,18-,19+,20+,21+,22-,23?,24+,25+,26?/m0/s1. The number of Topliss-reactive ketones (excluding diaryl/α,β-unsaturated/α-hetero) is 1. The Kier molecular flexibility index (Phi) is 11.7. The van der Waals surface area contributed by atoms with Gasteiger partial charge in [0.2, 0.25) is 0 Å². The van der Waals surface area contributed by atoms with Gasteiger partial charge in [0.25, 0.3) is 0 Å². The fourth-order valence-electron chi connectivity index (χ4n) is 6.08. The molecule has 2 heterocycles. The van der Waals surface area contributed by atoms with E-state index in [0.29, 0.717) is 32.4 Å². The lowest BCUT2D eigenvalue weighted by Crippen LogP contribution is -2.66. The van der Waals surface area contributed by atoms with Gasteiger partial charge in [0.15, 0.2) is 18.4 Å². The van der Waals surface area contributed by atoms with E-state index in [9.17, 15) is 30.3 Å². The number of hydrogen-bond acceptors (Lipinski definition) is 16. The Bertz CT molecular complexity index is 892. The zero-order chi connectivity index (χ0) is 30.8. The average molecular weight is 608 g/mol. The molecule has 2 aliphatic heterocycles. The third-order valence-electron chi connectivity index (χ3n) is 8.95. The second-order valence-electron chi connectivity index (χ2n) is 12.1. The molecular weight excluding hydrogens is 558 g/mol. The van der Waals surface area contributed by atoms with Gasteiger partial charge in [-0.05, 0) is 38.1 Å². The molecular formula is C26H49N5O11. The summed E-state index contributed by atoms with van der Waals surface area (Å²) in [6.45, 7) is 0.601. The predicted octanol–water partition coefficient (Wildman–Crippen LogP) is -5.54. The highest BCUT2D eigenvalue weighted by Gasteiger charge is 2.58. The van der Waals surface area contributed by atoms with Gasteiger partial charge in [0.05, 0.1) is 30.9 Å². The first kappa shape index (κ1) is 34.0. The Morgan fingerprint density at radius 2 is 1.62 bits per heavy atom. The Morgan fingerprint density at radius 3 is 2.26 bits per heavy atom. The van der Waals surface area contributed by atoms with Gasteiger partial charge in [-0.1, -0.05) is 0 Å². The van der Waals surface area contributed by atoms with Gasteiger partial charge in [-0.2, -0.15) is 0 Å². The SMILES string of the molecule is NC1CC1(O)C(=O)C[C@@H]1C[C@H](N)C(O[C@H]2O[C@H](CNCCCO)CC[C@H]2N)[C@H](O)[C@H]1O[C@H]1O[C@H](CO)[C@@H](O)[C@H](N)[C@H]1O. The van der Waals surface area contributed by atoms with Crippen molar-refractivity contribution in [3.05, 3.63) is 0 Å². The van der Waals surface area contributed by atoms with Crippen LogP contribution in [0.3, 0.4) is 0 Å². The summed E-state index contributed by atoms with van der Waals surface area (Å²) in [6.07, 6.45) is -8.48. The fraction of sp³-hybridized carbons (Fsp3) is 0.962. The molecule has 2 saturated heterocycles. The van der Waals surface area contributed by atoms with Crippen LogP contribution in [-0.4, -0.2) is 148 Å². The molecule has 0 spiro atoms. The number of carbonyl (C=O) groups is 1. The van der Waals surface area contributed by atoms with Crippen LogP contribution >= 0.6 is 0 Å². The van der Waals surface area contributed by atoms with Crippen LogP contribution in [0.4, 0.5) is 0 Å². The molecule has 15 N–H and O–H groups in total. The van der Waals surface area contributed by atoms with Gasteiger partial charge in [0, 0.05) is 38.1 Å². The van der Waals surface area contributed by atoms with Crippen LogP contribution in [0.2, 0.25) is 0 Å². The lowest BCUT2D eigenvalue weighted by atomic mass is 9.76. The maximum absolute atomic E-state index is 13.0. The molecule has 42 heavy (non-hydrogen) atoms. The molecule has 16 heteroatoms. The molecule has 4 rings (SSSR count).